The molecule has 0 radical (unpaired) electrons. The molecular formula is C10H20N2O. The highest BCUT2D eigenvalue weighted by Crippen LogP contribution is 2.20. The number of ketones is 1. The lowest BCUT2D eigenvalue weighted by Crippen LogP contribution is -2.43. The van der Waals surface area contributed by atoms with Gasteiger partial charge in [0.2, 0.25) is 0 Å². The first-order valence-electron chi connectivity index (χ1n) is 5.00. The molecule has 0 amide bonds. The summed E-state index contributed by atoms with van der Waals surface area (Å²) in [6.07, 6.45) is 0.948. The van der Waals surface area contributed by atoms with Crippen LogP contribution in [-0.2, 0) is 4.79 Å². The summed E-state index contributed by atoms with van der Waals surface area (Å²) in [6, 6.07) is 0.0416. The van der Waals surface area contributed by atoms with Gasteiger partial charge in [-0.1, -0.05) is 27.7 Å². The van der Waals surface area contributed by atoms with E-state index in [1.165, 1.54) is 0 Å². The maximum Gasteiger partial charge on any atom is 0.156 e. The first-order chi connectivity index (χ1) is 5.95. The van der Waals surface area contributed by atoms with Crippen molar-refractivity contribution in [1.29, 1.82) is 0 Å². The van der Waals surface area contributed by atoms with E-state index >= 15 is 0 Å². The Hall–Kier alpha value is -0.410. The van der Waals surface area contributed by atoms with Crippen molar-refractivity contribution >= 4 is 5.78 Å². The topological polar surface area (TPSA) is 32.3 Å². The Balaban J connectivity index is 2.52. The van der Waals surface area contributed by atoms with Gasteiger partial charge in [-0.3, -0.25) is 4.79 Å². The molecule has 0 saturated carbocycles. The molecule has 0 spiro atoms. The third-order valence-corrected chi connectivity index (χ3v) is 2.46. The number of carbonyl (C=O) groups is 1. The normalized spacial score (nSPS) is 25.1. The van der Waals surface area contributed by atoms with Crippen LogP contribution in [0, 0.1) is 5.41 Å². The van der Waals surface area contributed by atoms with Crippen LogP contribution in [0.3, 0.4) is 0 Å². The first-order valence-corrected chi connectivity index (χ1v) is 5.00. The van der Waals surface area contributed by atoms with E-state index in [9.17, 15) is 4.79 Å². The molecule has 1 saturated heterocycles. The number of hydrogen-bond acceptors (Lipinski definition) is 3. The maximum absolute atomic E-state index is 11.8. The summed E-state index contributed by atoms with van der Waals surface area (Å²) in [7, 11) is 0. The Kier molecular flexibility index (Phi) is 3.09. The maximum atomic E-state index is 11.8. The van der Waals surface area contributed by atoms with Gasteiger partial charge in [0, 0.05) is 18.5 Å². The molecule has 0 bridgehead atoms. The minimum absolute atomic E-state index is 0.0416. The lowest BCUT2D eigenvalue weighted by Gasteiger charge is -2.22. The lowest BCUT2D eigenvalue weighted by atomic mass is 9.86. The standard InChI is InChI=1S/C10H20N2O/c1-5-12-7-6-8(11-12)9(13)10(2,3)4/h8,11H,5-7H2,1-4H3. The first kappa shape index (κ1) is 10.7. The van der Waals surface area contributed by atoms with Gasteiger partial charge in [-0.25, -0.2) is 10.4 Å². The molecule has 1 atom stereocenters. The third-order valence-electron chi connectivity index (χ3n) is 2.46. The van der Waals surface area contributed by atoms with Crippen molar-refractivity contribution in [3.05, 3.63) is 0 Å². The minimum Gasteiger partial charge on any atom is -0.297 e. The molecule has 1 rings (SSSR count). The zero-order valence-corrected chi connectivity index (χ0v) is 9.05. The molecule has 0 aliphatic carbocycles. The summed E-state index contributed by atoms with van der Waals surface area (Å²) in [6.45, 7) is 9.98. The highest BCUT2D eigenvalue weighted by Gasteiger charge is 2.33. The molecule has 3 nitrogen and oxygen atoms in total. The van der Waals surface area contributed by atoms with Crippen LogP contribution in [0.4, 0.5) is 0 Å². The zero-order chi connectivity index (χ0) is 10.1. The summed E-state index contributed by atoms with van der Waals surface area (Å²) in [4.78, 5) is 11.8. The fraction of sp³-hybridized carbons (Fsp3) is 0.900. The van der Waals surface area contributed by atoms with E-state index < -0.39 is 0 Å². The van der Waals surface area contributed by atoms with E-state index in [1.54, 1.807) is 0 Å². The quantitative estimate of drug-likeness (QED) is 0.700. The van der Waals surface area contributed by atoms with E-state index in [2.05, 4.69) is 17.4 Å². The van der Waals surface area contributed by atoms with Crippen molar-refractivity contribution in [2.45, 2.75) is 40.2 Å². The zero-order valence-electron chi connectivity index (χ0n) is 9.05. The highest BCUT2D eigenvalue weighted by atomic mass is 16.1. The van der Waals surface area contributed by atoms with Crippen LogP contribution in [0.1, 0.15) is 34.1 Å². The average molecular weight is 184 g/mol. The van der Waals surface area contributed by atoms with Gasteiger partial charge in [-0.05, 0) is 6.42 Å². The number of carbonyl (C=O) groups excluding carboxylic acids is 1. The second kappa shape index (κ2) is 3.76. The Labute approximate surface area is 80.5 Å². The fourth-order valence-electron chi connectivity index (χ4n) is 1.60. The molecule has 0 aromatic heterocycles. The molecule has 1 aliphatic rings. The molecule has 1 heterocycles. The van der Waals surface area contributed by atoms with Crippen molar-refractivity contribution in [2.24, 2.45) is 5.41 Å². The predicted octanol–water partition coefficient (Wildman–Crippen LogP) is 1.20. The van der Waals surface area contributed by atoms with Crippen LogP contribution in [0.25, 0.3) is 0 Å². The van der Waals surface area contributed by atoms with E-state index in [-0.39, 0.29) is 11.5 Å². The highest BCUT2D eigenvalue weighted by molar-refractivity contribution is 5.88. The van der Waals surface area contributed by atoms with Gasteiger partial charge >= 0.3 is 0 Å². The van der Waals surface area contributed by atoms with Crippen LogP contribution in [0.2, 0.25) is 0 Å². The number of hydrogen-bond donors (Lipinski definition) is 1. The Morgan fingerprint density at radius 1 is 1.54 bits per heavy atom. The van der Waals surface area contributed by atoms with Gasteiger partial charge in [0.25, 0.3) is 0 Å². The summed E-state index contributed by atoms with van der Waals surface area (Å²) >= 11 is 0. The smallest absolute Gasteiger partial charge is 0.156 e. The molecule has 1 N–H and O–H groups in total. The molecule has 0 aromatic carbocycles. The molecule has 76 valence electrons. The van der Waals surface area contributed by atoms with Crippen molar-refractivity contribution in [1.82, 2.24) is 10.4 Å². The number of nitrogens with zero attached hydrogens (tertiary/aromatic N) is 1. The summed E-state index contributed by atoms with van der Waals surface area (Å²) in [5.74, 6) is 0.323. The summed E-state index contributed by atoms with van der Waals surface area (Å²) in [5.41, 5.74) is 3.01. The third kappa shape index (κ3) is 2.51. The Morgan fingerprint density at radius 2 is 2.15 bits per heavy atom. The fourth-order valence-corrected chi connectivity index (χ4v) is 1.60. The van der Waals surface area contributed by atoms with Gasteiger partial charge in [0.15, 0.2) is 5.78 Å². The second-order valence-electron chi connectivity index (χ2n) is 4.66. The van der Waals surface area contributed by atoms with Crippen LogP contribution in [0.5, 0.6) is 0 Å². The Bertz CT molecular complexity index is 196. The average Bonchev–Trinajstić information content (AvgIpc) is 2.48. The predicted molar refractivity (Wildman–Crippen MR) is 53.2 cm³/mol. The van der Waals surface area contributed by atoms with E-state index in [0.29, 0.717) is 5.78 Å². The minimum atomic E-state index is -0.221. The number of hydrazine groups is 1. The Morgan fingerprint density at radius 3 is 2.54 bits per heavy atom. The summed E-state index contributed by atoms with van der Waals surface area (Å²) in [5, 5.41) is 2.11. The van der Waals surface area contributed by atoms with Crippen molar-refractivity contribution < 1.29 is 4.79 Å². The van der Waals surface area contributed by atoms with Crippen LogP contribution in [-0.4, -0.2) is 29.9 Å². The monoisotopic (exact) mass is 184 g/mol. The largest absolute Gasteiger partial charge is 0.297 e. The van der Waals surface area contributed by atoms with Crippen molar-refractivity contribution in [2.75, 3.05) is 13.1 Å². The number of nitrogens with one attached hydrogen (secondary N) is 1. The molecular weight excluding hydrogens is 164 g/mol. The molecule has 1 aliphatic heterocycles. The van der Waals surface area contributed by atoms with Gasteiger partial charge in [-0.15, -0.1) is 0 Å². The number of Topliss-reactive ketones (excluding diaryl/α,β-unsaturated/α-hetero) is 1. The lowest BCUT2D eigenvalue weighted by molar-refractivity contribution is -0.128. The van der Waals surface area contributed by atoms with Crippen LogP contribution >= 0.6 is 0 Å². The molecule has 3 heteroatoms. The van der Waals surface area contributed by atoms with Crippen LogP contribution in [0.15, 0.2) is 0 Å². The van der Waals surface area contributed by atoms with Gasteiger partial charge < -0.3 is 0 Å². The SMILES string of the molecule is CCN1CCC(C(=O)C(C)(C)C)N1. The van der Waals surface area contributed by atoms with Gasteiger partial charge in [0.05, 0.1) is 6.04 Å². The van der Waals surface area contributed by atoms with E-state index in [4.69, 9.17) is 0 Å². The molecule has 1 fully saturated rings. The van der Waals surface area contributed by atoms with Crippen LogP contribution < -0.4 is 5.43 Å². The molecule has 13 heavy (non-hydrogen) atoms. The van der Waals surface area contributed by atoms with Gasteiger partial charge in [0.1, 0.15) is 0 Å². The van der Waals surface area contributed by atoms with Gasteiger partial charge in [-0.2, -0.15) is 0 Å². The van der Waals surface area contributed by atoms with E-state index in [1.807, 2.05) is 20.8 Å². The molecule has 0 aromatic rings. The number of rotatable bonds is 2. The molecule has 1 unspecified atom stereocenters. The van der Waals surface area contributed by atoms with Crippen molar-refractivity contribution in [3.63, 3.8) is 0 Å². The van der Waals surface area contributed by atoms with E-state index in [0.717, 1.165) is 19.5 Å². The summed E-state index contributed by atoms with van der Waals surface area (Å²) < 4.78 is 0. The second-order valence-corrected chi connectivity index (χ2v) is 4.66. The van der Waals surface area contributed by atoms with Crippen molar-refractivity contribution in [3.8, 4) is 0 Å².